The largest absolute Gasteiger partial charge is 0.328 e. The molecule has 0 aliphatic heterocycles. The number of hydrogen-bond acceptors (Lipinski definition) is 4. The van der Waals surface area contributed by atoms with E-state index in [1.807, 2.05) is 23.4 Å². The second-order valence-electron chi connectivity index (χ2n) is 3.88. The lowest BCUT2D eigenvalue weighted by Crippen LogP contribution is -2.27. The lowest BCUT2D eigenvalue weighted by Gasteiger charge is -2.24. The molecule has 15 heavy (non-hydrogen) atoms. The van der Waals surface area contributed by atoms with Gasteiger partial charge in [-0.25, -0.2) is 0 Å². The first-order valence-electron chi connectivity index (χ1n) is 5.02. The fraction of sp³-hybridized carbons (Fsp3) is 0.778. The van der Waals surface area contributed by atoms with Crippen molar-refractivity contribution in [2.24, 2.45) is 12.8 Å². The summed E-state index contributed by atoms with van der Waals surface area (Å²) in [5.41, 5.74) is 5.86. The molecule has 0 saturated heterocycles. The van der Waals surface area contributed by atoms with Crippen LogP contribution in [0.5, 0.6) is 0 Å². The minimum absolute atomic E-state index is 0. The Morgan fingerprint density at radius 1 is 1.40 bits per heavy atom. The molecule has 0 aromatic carbocycles. The third kappa shape index (κ3) is 3.36. The van der Waals surface area contributed by atoms with Gasteiger partial charge >= 0.3 is 0 Å². The maximum atomic E-state index is 5.86. The average molecular weight is 249 g/mol. The summed E-state index contributed by atoms with van der Waals surface area (Å²) in [6.45, 7) is 0. The summed E-state index contributed by atoms with van der Waals surface area (Å²) in [5.74, 6) is 0. The van der Waals surface area contributed by atoms with E-state index in [1.54, 1.807) is 6.33 Å². The van der Waals surface area contributed by atoms with Gasteiger partial charge in [0.2, 0.25) is 0 Å². The fourth-order valence-corrected chi connectivity index (χ4v) is 2.85. The molecular formula is C9H17ClN4S. The number of halogens is 1. The molecule has 6 heteroatoms. The minimum atomic E-state index is 0. The van der Waals surface area contributed by atoms with Crippen molar-refractivity contribution in [3.8, 4) is 0 Å². The molecule has 0 spiro atoms. The van der Waals surface area contributed by atoms with Gasteiger partial charge in [-0.2, -0.15) is 0 Å². The molecular weight excluding hydrogens is 232 g/mol. The van der Waals surface area contributed by atoms with E-state index in [1.165, 1.54) is 12.8 Å². The van der Waals surface area contributed by atoms with Crippen LogP contribution in [0.15, 0.2) is 11.5 Å². The molecule has 4 nitrogen and oxygen atoms in total. The molecule has 2 N–H and O–H groups in total. The fourth-order valence-electron chi connectivity index (χ4n) is 1.73. The van der Waals surface area contributed by atoms with Crippen molar-refractivity contribution in [3.05, 3.63) is 6.33 Å². The standard InChI is InChI=1S/C9H16N4S.ClH/c1-13-6-11-12-9(13)14-8-4-2-7(10)3-5-8;/h6-8H,2-5,10H2,1H3;1H. The van der Waals surface area contributed by atoms with Crippen LogP contribution in [-0.2, 0) is 7.05 Å². The SMILES string of the molecule is Cl.Cn1cnnc1SC1CCC(N)CC1. The van der Waals surface area contributed by atoms with Crippen LogP contribution in [-0.4, -0.2) is 26.1 Å². The van der Waals surface area contributed by atoms with Crippen molar-refractivity contribution in [1.29, 1.82) is 0 Å². The molecule has 0 unspecified atom stereocenters. The molecule has 0 amide bonds. The molecule has 2 rings (SSSR count). The van der Waals surface area contributed by atoms with Crippen molar-refractivity contribution < 1.29 is 0 Å². The van der Waals surface area contributed by atoms with Gasteiger partial charge in [-0.05, 0) is 25.7 Å². The van der Waals surface area contributed by atoms with Crippen molar-refractivity contribution in [2.45, 2.75) is 42.1 Å². The van der Waals surface area contributed by atoms with Crippen LogP contribution >= 0.6 is 24.2 Å². The van der Waals surface area contributed by atoms with Gasteiger partial charge in [-0.3, -0.25) is 0 Å². The molecule has 1 saturated carbocycles. The number of aromatic nitrogens is 3. The Morgan fingerprint density at radius 2 is 2.07 bits per heavy atom. The van der Waals surface area contributed by atoms with Crippen LogP contribution in [0.4, 0.5) is 0 Å². The first-order chi connectivity index (χ1) is 6.75. The van der Waals surface area contributed by atoms with Crippen LogP contribution in [0.2, 0.25) is 0 Å². The van der Waals surface area contributed by atoms with E-state index in [-0.39, 0.29) is 12.4 Å². The highest BCUT2D eigenvalue weighted by Crippen LogP contribution is 2.31. The summed E-state index contributed by atoms with van der Waals surface area (Å²) in [6.07, 6.45) is 6.46. The number of rotatable bonds is 2. The topological polar surface area (TPSA) is 56.7 Å². The van der Waals surface area contributed by atoms with E-state index >= 15 is 0 Å². The Balaban J connectivity index is 0.00000112. The number of thioether (sulfide) groups is 1. The third-order valence-corrected chi connectivity index (χ3v) is 4.05. The summed E-state index contributed by atoms with van der Waals surface area (Å²) < 4.78 is 1.97. The summed E-state index contributed by atoms with van der Waals surface area (Å²) in [7, 11) is 1.98. The van der Waals surface area contributed by atoms with Crippen molar-refractivity contribution in [2.75, 3.05) is 0 Å². The summed E-state index contributed by atoms with van der Waals surface area (Å²) >= 11 is 1.83. The summed E-state index contributed by atoms with van der Waals surface area (Å²) in [4.78, 5) is 0. The molecule has 1 heterocycles. The monoisotopic (exact) mass is 248 g/mol. The van der Waals surface area contributed by atoms with Gasteiger partial charge in [0.05, 0.1) is 0 Å². The van der Waals surface area contributed by atoms with Gasteiger partial charge in [-0.15, -0.1) is 22.6 Å². The van der Waals surface area contributed by atoms with Gasteiger partial charge in [0.15, 0.2) is 5.16 Å². The Hall–Kier alpha value is -0.260. The molecule has 0 atom stereocenters. The second-order valence-corrected chi connectivity index (χ2v) is 5.15. The maximum Gasteiger partial charge on any atom is 0.191 e. The van der Waals surface area contributed by atoms with E-state index in [0.29, 0.717) is 11.3 Å². The van der Waals surface area contributed by atoms with Crippen LogP contribution < -0.4 is 5.73 Å². The minimum Gasteiger partial charge on any atom is -0.328 e. The quantitative estimate of drug-likeness (QED) is 0.864. The van der Waals surface area contributed by atoms with Crippen molar-refractivity contribution in [1.82, 2.24) is 14.8 Å². The predicted octanol–water partition coefficient (Wildman–Crippen LogP) is 1.60. The van der Waals surface area contributed by atoms with Gasteiger partial charge in [0, 0.05) is 18.3 Å². The highest BCUT2D eigenvalue weighted by Gasteiger charge is 2.20. The van der Waals surface area contributed by atoms with E-state index in [9.17, 15) is 0 Å². The van der Waals surface area contributed by atoms with Gasteiger partial charge < -0.3 is 10.3 Å². The number of hydrogen-bond donors (Lipinski definition) is 1. The Morgan fingerprint density at radius 3 is 2.60 bits per heavy atom. The average Bonchev–Trinajstić information content (AvgIpc) is 2.56. The normalized spacial score (nSPS) is 26.0. The maximum absolute atomic E-state index is 5.86. The zero-order valence-electron chi connectivity index (χ0n) is 8.80. The zero-order valence-corrected chi connectivity index (χ0v) is 10.4. The molecule has 1 aliphatic rings. The first kappa shape index (κ1) is 12.8. The van der Waals surface area contributed by atoms with Crippen LogP contribution in [0.1, 0.15) is 25.7 Å². The molecule has 1 aromatic heterocycles. The second kappa shape index (κ2) is 5.72. The van der Waals surface area contributed by atoms with Crippen molar-refractivity contribution in [3.63, 3.8) is 0 Å². The van der Waals surface area contributed by atoms with Gasteiger partial charge in [0.25, 0.3) is 0 Å². The van der Waals surface area contributed by atoms with Gasteiger partial charge in [-0.1, -0.05) is 11.8 Å². The Bertz CT molecular complexity index is 296. The van der Waals surface area contributed by atoms with Crippen LogP contribution in [0.25, 0.3) is 0 Å². The van der Waals surface area contributed by atoms with Crippen molar-refractivity contribution >= 4 is 24.2 Å². The van der Waals surface area contributed by atoms with E-state index in [4.69, 9.17) is 5.73 Å². The highest BCUT2D eigenvalue weighted by atomic mass is 35.5. The molecule has 1 aliphatic carbocycles. The van der Waals surface area contributed by atoms with Crippen LogP contribution in [0, 0.1) is 0 Å². The predicted molar refractivity (Wildman–Crippen MR) is 64.3 cm³/mol. The summed E-state index contributed by atoms with van der Waals surface area (Å²) in [6, 6.07) is 0.423. The number of nitrogens with two attached hydrogens (primary N) is 1. The molecule has 1 aromatic rings. The van der Waals surface area contributed by atoms with E-state index in [2.05, 4.69) is 10.2 Å². The van der Waals surface area contributed by atoms with E-state index < -0.39 is 0 Å². The molecule has 0 radical (unpaired) electrons. The smallest absolute Gasteiger partial charge is 0.191 e. The lowest BCUT2D eigenvalue weighted by molar-refractivity contribution is 0.450. The van der Waals surface area contributed by atoms with E-state index in [0.717, 1.165) is 18.0 Å². The Labute approximate surface area is 100 Å². The molecule has 86 valence electrons. The highest BCUT2D eigenvalue weighted by molar-refractivity contribution is 7.99. The zero-order chi connectivity index (χ0) is 9.97. The summed E-state index contributed by atoms with van der Waals surface area (Å²) in [5, 5.41) is 9.64. The molecule has 0 bridgehead atoms. The molecule has 1 fully saturated rings. The first-order valence-corrected chi connectivity index (χ1v) is 5.90. The van der Waals surface area contributed by atoms with Gasteiger partial charge in [0.1, 0.15) is 6.33 Å². The lowest BCUT2D eigenvalue weighted by atomic mass is 9.96. The van der Waals surface area contributed by atoms with Crippen LogP contribution in [0.3, 0.4) is 0 Å². The number of aryl methyl sites for hydroxylation is 1. The third-order valence-electron chi connectivity index (χ3n) is 2.66. The number of nitrogens with zero attached hydrogens (tertiary/aromatic N) is 3. The Kier molecular flexibility index (Phi) is 4.89.